The van der Waals surface area contributed by atoms with Gasteiger partial charge in [0.15, 0.2) is 5.17 Å². The number of nitro groups is 1. The van der Waals surface area contributed by atoms with Crippen LogP contribution in [0.4, 0.5) is 17.1 Å². The lowest BCUT2D eigenvalue weighted by Crippen LogP contribution is -2.19. The fourth-order valence-corrected chi connectivity index (χ4v) is 4.82. The maximum Gasteiger partial charge on any atom is 0.335 e. The smallest absolute Gasteiger partial charge is 0.335 e. The van der Waals surface area contributed by atoms with Crippen LogP contribution in [-0.4, -0.2) is 38.7 Å². The number of carbonyl (C=O) groups is 3. The molecule has 1 aliphatic rings. The van der Waals surface area contributed by atoms with E-state index < -0.39 is 16.8 Å². The highest BCUT2D eigenvalue weighted by molar-refractivity contribution is 8.18. The number of carboxylic acids is 1. The standard InChI is InChI=1S/C25H18N4O6S2/c30-22(26-17-4-2-1-3-5-17)14-36-20-11-6-15(12-19(20)29(34)35)13-21-23(31)28-25(37-21)27-18-9-7-16(8-10-18)24(32)33/h1-13H,14H2,(H,26,30)(H,32,33)(H,27,28,31)/b21-13-. The molecule has 2 amide bonds. The summed E-state index contributed by atoms with van der Waals surface area (Å²) < 4.78 is 0. The van der Waals surface area contributed by atoms with E-state index >= 15 is 0 Å². The summed E-state index contributed by atoms with van der Waals surface area (Å²) in [4.78, 5) is 51.6. The van der Waals surface area contributed by atoms with E-state index in [0.717, 1.165) is 23.5 Å². The van der Waals surface area contributed by atoms with Gasteiger partial charge < -0.3 is 15.7 Å². The van der Waals surface area contributed by atoms with E-state index in [4.69, 9.17) is 5.11 Å². The second-order valence-corrected chi connectivity index (χ2v) is 9.57. The third-order valence-electron chi connectivity index (χ3n) is 4.89. The number of carboxylic acid groups (broad SMARTS) is 1. The Balaban J connectivity index is 1.45. The number of hydrogen-bond donors (Lipinski definition) is 3. The van der Waals surface area contributed by atoms with Gasteiger partial charge >= 0.3 is 5.97 Å². The predicted octanol–water partition coefficient (Wildman–Crippen LogP) is 4.92. The number of nitrogens with one attached hydrogen (secondary N) is 2. The van der Waals surface area contributed by atoms with Crippen LogP contribution in [0, 0.1) is 10.1 Å². The Bertz CT molecular complexity index is 1440. The average molecular weight is 535 g/mol. The molecule has 3 aromatic carbocycles. The van der Waals surface area contributed by atoms with Gasteiger partial charge in [-0.3, -0.25) is 19.7 Å². The number of anilines is 1. The predicted molar refractivity (Wildman–Crippen MR) is 143 cm³/mol. The molecule has 0 unspecified atom stereocenters. The molecule has 4 rings (SSSR count). The van der Waals surface area contributed by atoms with Gasteiger partial charge in [-0.05, 0) is 65.9 Å². The normalized spacial score (nSPS) is 15.0. The monoisotopic (exact) mass is 534 g/mol. The Morgan fingerprint density at radius 3 is 2.51 bits per heavy atom. The zero-order valence-electron chi connectivity index (χ0n) is 18.9. The van der Waals surface area contributed by atoms with Crippen molar-refractivity contribution in [1.29, 1.82) is 0 Å². The summed E-state index contributed by atoms with van der Waals surface area (Å²) in [6.45, 7) is 0. The molecule has 3 N–H and O–H groups in total. The van der Waals surface area contributed by atoms with E-state index in [1.54, 1.807) is 36.4 Å². The largest absolute Gasteiger partial charge is 0.478 e. The van der Waals surface area contributed by atoms with Crippen molar-refractivity contribution in [3.63, 3.8) is 0 Å². The number of nitrogens with zero attached hydrogens (tertiary/aromatic N) is 2. The van der Waals surface area contributed by atoms with Crippen molar-refractivity contribution in [2.75, 3.05) is 11.1 Å². The number of thioether (sulfide) groups is 2. The molecule has 0 spiro atoms. The number of carbonyl (C=O) groups excluding carboxylic acids is 2. The lowest BCUT2D eigenvalue weighted by Gasteiger charge is -2.06. The van der Waals surface area contributed by atoms with Crippen molar-refractivity contribution in [3.05, 3.63) is 98.9 Å². The highest BCUT2D eigenvalue weighted by Crippen LogP contribution is 2.33. The first-order valence-corrected chi connectivity index (χ1v) is 12.5. The van der Waals surface area contributed by atoms with Crippen LogP contribution in [0.3, 0.4) is 0 Å². The Kier molecular flexibility index (Phi) is 8.01. The van der Waals surface area contributed by atoms with Gasteiger partial charge in [0.1, 0.15) is 0 Å². The minimum atomic E-state index is -1.05. The van der Waals surface area contributed by atoms with Gasteiger partial charge in [0.05, 0.1) is 31.7 Å². The van der Waals surface area contributed by atoms with Crippen LogP contribution in [0.15, 0.2) is 87.6 Å². The Labute approximate surface area is 219 Å². The quantitative estimate of drug-likeness (QED) is 0.160. The number of rotatable bonds is 8. The van der Waals surface area contributed by atoms with Crippen molar-refractivity contribution in [1.82, 2.24) is 5.32 Å². The van der Waals surface area contributed by atoms with Gasteiger partial charge in [-0.1, -0.05) is 24.3 Å². The number of aromatic carboxylic acids is 1. The molecule has 0 saturated carbocycles. The van der Waals surface area contributed by atoms with Crippen molar-refractivity contribution in [2.45, 2.75) is 4.90 Å². The maximum atomic E-state index is 12.4. The van der Waals surface area contributed by atoms with Crippen LogP contribution in [-0.2, 0) is 9.59 Å². The van der Waals surface area contributed by atoms with Gasteiger partial charge in [0.25, 0.3) is 11.6 Å². The minimum absolute atomic E-state index is 0.0122. The number of nitro benzene ring substituents is 1. The van der Waals surface area contributed by atoms with Crippen molar-refractivity contribution in [3.8, 4) is 0 Å². The molecule has 12 heteroatoms. The third kappa shape index (κ3) is 6.84. The number of amidine groups is 1. The van der Waals surface area contributed by atoms with Crippen molar-refractivity contribution < 1.29 is 24.4 Å². The first-order chi connectivity index (χ1) is 17.8. The second-order valence-electron chi connectivity index (χ2n) is 7.52. The van der Waals surface area contributed by atoms with Crippen LogP contribution in [0.5, 0.6) is 0 Å². The fraction of sp³-hybridized carbons (Fsp3) is 0.0400. The SMILES string of the molecule is O=C(CSc1ccc(/C=C2\SC(=Nc3ccc(C(=O)O)cc3)NC2=O)cc1[N+](=O)[O-])Nc1ccccc1. The molecule has 1 saturated heterocycles. The maximum absolute atomic E-state index is 12.4. The molecule has 186 valence electrons. The Hall–Kier alpha value is -4.42. The summed E-state index contributed by atoms with van der Waals surface area (Å²) in [5, 5.41) is 26.3. The van der Waals surface area contributed by atoms with Gasteiger partial charge in [-0.15, -0.1) is 11.8 Å². The molecule has 1 aliphatic heterocycles. The molecular formula is C25H18N4O6S2. The topological polar surface area (TPSA) is 151 Å². The zero-order valence-corrected chi connectivity index (χ0v) is 20.5. The average Bonchev–Trinajstić information content (AvgIpc) is 3.22. The Morgan fingerprint density at radius 2 is 1.84 bits per heavy atom. The van der Waals surface area contributed by atoms with Gasteiger partial charge in [-0.25, -0.2) is 9.79 Å². The molecular weight excluding hydrogens is 516 g/mol. The van der Waals surface area contributed by atoms with E-state index in [2.05, 4.69) is 15.6 Å². The molecule has 0 aliphatic carbocycles. The summed E-state index contributed by atoms with van der Waals surface area (Å²) in [5.74, 6) is -1.77. The van der Waals surface area contributed by atoms with E-state index in [0.29, 0.717) is 27.0 Å². The third-order valence-corrected chi connectivity index (χ3v) is 6.86. The van der Waals surface area contributed by atoms with Crippen LogP contribution in [0.1, 0.15) is 15.9 Å². The van der Waals surface area contributed by atoms with Crippen molar-refractivity contribution in [2.24, 2.45) is 4.99 Å². The molecule has 10 nitrogen and oxygen atoms in total. The highest BCUT2D eigenvalue weighted by atomic mass is 32.2. The summed E-state index contributed by atoms with van der Waals surface area (Å²) in [7, 11) is 0. The number of benzene rings is 3. The van der Waals surface area contributed by atoms with Gasteiger partial charge in [0.2, 0.25) is 5.91 Å². The molecule has 0 aromatic heterocycles. The summed E-state index contributed by atoms with van der Waals surface area (Å²) in [5.41, 5.74) is 1.48. The molecule has 37 heavy (non-hydrogen) atoms. The number of amides is 2. The summed E-state index contributed by atoms with van der Waals surface area (Å²) in [6, 6.07) is 19.3. The highest BCUT2D eigenvalue weighted by Gasteiger charge is 2.24. The van der Waals surface area contributed by atoms with E-state index in [9.17, 15) is 24.5 Å². The molecule has 1 heterocycles. The number of hydrogen-bond acceptors (Lipinski definition) is 8. The van der Waals surface area contributed by atoms with Crippen LogP contribution < -0.4 is 10.6 Å². The summed E-state index contributed by atoms with van der Waals surface area (Å²) >= 11 is 2.10. The second kappa shape index (κ2) is 11.5. The van der Waals surface area contributed by atoms with E-state index in [1.165, 1.54) is 36.4 Å². The van der Waals surface area contributed by atoms with Crippen molar-refractivity contribution >= 4 is 69.6 Å². The molecule has 0 bridgehead atoms. The van der Waals surface area contributed by atoms with Gasteiger partial charge in [0, 0.05) is 11.8 Å². The molecule has 0 atom stereocenters. The molecule has 1 fully saturated rings. The molecule has 3 aromatic rings. The van der Waals surface area contributed by atoms with Gasteiger partial charge in [-0.2, -0.15) is 0 Å². The number of para-hydroxylation sites is 1. The van der Waals surface area contributed by atoms with E-state index in [-0.39, 0.29) is 27.8 Å². The minimum Gasteiger partial charge on any atom is -0.478 e. The van der Waals surface area contributed by atoms with E-state index in [1.807, 2.05) is 6.07 Å². The fourth-order valence-electron chi connectivity index (χ4n) is 3.18. The van der Waals surface area contributed by atoms with Crippen LogP contribution >= 0.6 is 23.5 Å². The Morgan fingerprint density at radius 1 is 1.11 bits per heavy atom. The first kappa shape index (κ1) is 25.7. The first-order valence-electron chi connectivity index (χ1n) is 10.7. The molecule has 0 radical (unpaired) electrons. The lowest BCUT2D eigenvalue weighted by molar-refractivity contribution is -0.387. The lowest BCUT2D eigenvalue weighted by atomic mass is 10.2. The van der Waals surface area contributed by atoms with Crippen LogP contribution in [0.25, 0.3) is 6.08 Å². The van der Waals surface area contributed by atoms with Crippen LogP contribution in [0.2, 0.25) is 0 Å². The number of aliphatic imine (C=N–C) groups is 1. The zero-order chi connectivity index (χ0) is 26.4. The summed E-state index contributed by atoms with van der Waals surface area (Å²) in [6.07, 6.45) is 1.51.